The topological polar surface area (TPSA) is 49.8 Å². The molecule has 0 bridgehead atoms. The van der Waals surface area contributed by atoms with Crippen LogP contribution < -0.4 is 9.64 Å². The van der Waals surface area contributed by atoms with Crippen molar-refractivity contribution < 1.29 is 14.6 Å². The van der Waals surface area contributed by atoms with Crippen molar-refractivity contribution in [2.45, 2.75) is 19.8 Å². The molecule has 19 heavy (non-hydrogen) atoms. The van der Waals surface area contributed by atoms with Crippen LogP contribution >= 0.6 is 11.6 Å². The van der Waals surface area contributed by atoms with Crippen molar-refractivity contribution in [3.05, 3.63) is 23.2 Å². The molecule has 1 N–H and O–H groups in total. The van der Waals surface area contributed by atoms with Gasteiger partial charge in [0.2, 0.25) is 5.91 Å². The molecule has 0 saturated carbocycles. The second kappa shape index (κ2) is 6.26. The number of amides is 1. The third kappa shape index (κ3) is 3.19. The van der Waals surface area contributed by atoms with Crippen molar-refractivity contribution in [3.63, 3.8) is 0 Å². The number of halogens is 1. The van der Waals surface area contributed by atoms with Gasteiger partial charge in [0, 0.05) is 30.5 Å². The summed E-state index contributed by atoms with van der Waals surface area (Å²) in [5.74, 6) is 0.659. The van der Waals surface area contributed by atoms with E-state index in [9.17, 15) is 9.90 Å². The number of hydrogen-bond acceptors (Lipinski definition) is 3. The first-order chi connectivity index (χ1) is 9.15. The Hall–Kier alpha value is -1.26. The highest BCUT2D eigenvalue weighted by Crippen LogP contribution is 2.35. The normalized spacial score (nSPS) is 19.0. The van der Waals surface area contributed by atoms with Crippen molar-refractivity contribution in [2.75, 3.05) is 24.7 Å². The SMILES string of the molecule is CCCOc1ccc(Cl)cc1N1CC(CO)CC1=O. The number of aliphatic hydroxyl groups is 1. The standard InChI is InChI=1S/C14H18ClNO3/c1-2-5-19-13-4-3-11(15)7-12(13)16-8-10(9-17)6-14(16)18/h3-4,7,10,17H,2,5-6,8-9H2,1H3. The smallest absolute Gasteiger partial charge is 0.227 e. The average molecular weight is 284 g/mol. The molecule has 0 radical (unpaired) electrons. The first kappa shape index (κ1) is 14.2. The van der Waals surface area contributed by atoms with E-state index in [1.165, 1.54) is 0 Å². The number of anilines is 1. The Morgan fingerprint density at radius 2 is 2.32 bits per heavy atom. The average Bonchev–Trinajstić information content (AvgIpc) is 2.78. The molecule has 0 aliphatic carbocycles. The maximum atomic E-state index is 12.0. The Bertz CT molecular complexity index is 464. The summed E-state index contributed by atoms with van der Waals surface area (Å²) in [5.41, 5.74) is 0.696. The minimum absolute atomic E-state index is 0.00247. The fourth-order valence-corrected chi connectivity index (χ4v) is 2.34. The molecule has 1 aromatic rings. The van der Waals surface area contributed by atoms with Gasteiger partial charge in [0.05, 0.1) is 12.3 Å². The molecule has 5 heteroatoms. The molecule has 4 nitrogen and oxygen atoms in total. The van der Waals surface area contributed by atoms with Gasteiger partial charge in [-0.1, -0.05) is 18.5 Å². The van der Waals surface area contributed by atoms with Crippen molar-refractivity contribution in [1.82, 2.24) is 0 Å². The molecule has 0 spiro atoms. The number of nitrogens with zero attached hydrogens (tertiary/aromatic N) is 1. The van der Waals surface area contributed by atoms with Gasteiger partial charge in [0.1, 0.15) is 5.75 Å². The largest absolute Gasteiger partial charge is 0.491 e. The Morgan fingerprint density at radius 3 is 2.95 bits per heavy atom. The zero-order valence-electron chi connectivity index (χ0n) is 10.9. The van der Waals surface area contributed by atoms with Gasteiger partial charge < -0.3 is 14.7 Å². The lowest BCUT2D eigenvalue weighted by atomic mass is 10.1. The molecule has 0 aromatic heterocycles. The number of carbonyl (C=O) groups is 1. The summed E-state index contributed by atoms with van der Waals surface area (Å²) < 4.78 is 5.66. The molecular weight excluding hydrogens is 266 g/mol. The van der Waals surface area contributed by atoms with Crippen molar-refractivity contribution in [1.29, 1.82) is 0 Å². The van der Waals surface area contributed by atoms with E-state index in [2.05, 4.69) is 0 Å². The minimum atomic E-state index is -0.00879. The van der Waals surface area contributed by atoms with E-state index < -0.39 is 0 Å². The van der Waals surface area contributed by atoms with Crippen LogP contribution in [0.2, 0.25) is 5.02 Å². The molecule has 1 atom stereocenters. The van der Waals surface area contributed by atoms with Crippen LogP contribution in [-0.4, -0.2) is 30.8 Å². The summed E-state index contributed by atoms with van der Waals surface area (Å²) in [5, 5.41) is 9.75. The van der Waals surface area contributed by atoms with Gasteiger partial charge in [0.25, 0.3) is 0 Å². The maximum Gasteiger partial charge on any atom is 0.227 e. The van der Waals surface area contributed by atoms with Gasteiger partial charge in [-0.15, -0.1) is 0 Å². The number of aliphatic hydroxyl groups excluding tert-OH is 1. The second-order valence-corrected chi connectivity index (χ2v) is 5.15. The Labute approximate surface area is 117 Å². The van der Waals surface area contributed by atoms with E-state index in [0.29, 0.717) is 36.0 Å². The van der Waals surface area contributed by atoms with E-state index in [-0.39, 0.29) is 18.4 Å². The van der Waals surface area contributed by atoms with Gasteiger partial charge >= 0.3 is 0 Å². The van der Waals surface area contributed by atoms with Crippen molar-refractivity contribution in [3.8, 4) is 5.75 Å². The van der Waals surface area contributed by atoms with E-state index in [0.717, 1.165) is 6.42 Å². The van der Waals surface area contributed by atoms with Crippen LogP contribution in [0.25, 0.3) is 0 Å². The number of hydrogen-bond donors (Lipinski definition) is 1. The third-order valence-corrected chi connectivity index (χ3v) is 3.37. The predicted molar refractivity (Wildman–Crippen MR) is 74.8 cm³/mol. The molecule has 104 valence electrons. The monoisotopic (exact) mass is 283 g/mol. The summed E-state index contributed by atoms with van der Waals surface area (Å²) in [7, 11) is 0. The van der Waals surface area contributed by atoms with E-state index in [1.807, 2.05) is 6.92 Å². The van der Waals surface area contributed by atoms with Crippen LogP contribution in [0.4, 0.5) is 5.69 Å². The first-order valence-electron chi connectivity index (χ1n) is 6.49. The van der Waals surface area contributed by atoms with Crippen LogP contribution in [0.3, 0.4) is 0 Å². The molecule has 1 saturated heterocycles. The van der Waals surface area contributed by atoms with Gasteiger partial charge in [-0.3, -0.25) is 4.79 Å². The molecule has 1 unspecified atom stereocenters. The molecule has 1 heterocycles. The van der Waals surface area contributed by atoms with Crippen LogP contribution in [0.15, 0.2) is 18.2 Å². The Balaban J connectivity index is 2.27. The third-order valence-electron chi connectivity index (χ3n) is 3.14. The number of ether oxygens (including phenoxy) is 1. The fraction of sp³-hybridized carbons (Fsp3) is 0.500. The summed E-state index contributed by atoms with van der Waals surface area (Å²) in [6, 6.07) is 5.28. The number of benzene rings is 1. The van der Waals surface area contributed by atoms with Gasteiger partial charge in [-0.25, -0.2) is 0 Å². The molecular formula is C14H18ClNO3. The van der Waals surface area contributed by atoms with E-state index >= 15 is 0 Å². The lowest BCUT2D eigenvalue weighted by molar-refractivity contribution is -0.117. The molecule has 1 amide bonds. The Morgan fingerprint density at radius 1 is 1.53 bits per heavy atom. The molecule has 1 fully saturated rings. The zero-order chi connectivity index (χ0) is 13.8. The number of carbonyl (C=O) groups excluding carboxylic acids is 1. The quantitative estimate of drug-likeness (QED) is 0.903. The van der Waals surface area contributed by atoms with Gasteiger partial charge in [-0.05, 0) is 24.6 Å². The summed E-state index contributed by atoms with van der Waals surface area (Å²) >= 11 is 6.00. The van der Waals surface area contributed by atoms with E-state index in [1.54, 1.807) is 23.1 Å². The fourth-order valence-electron chi connectivity index (χ4n) is 2.17. The van der Waals surface area contributed by atoms with Crippen LogP contribution in [0.1, 0.15) is 19.8 Å². The lowest BCUT2D eigenvalue weighted by Gasteiger charge is -2.20. The summed E-state index contributed by atoms with van der Waals surface area (Å²) in [6.07, 6.45) is 1.27. The second-order valence-electron chi connectivity index (χ2n) is 4.72. The molecule has 1 aromatic carbocycles. The van der Waals surface area contributed by atoms with E-state index in [4.69, 9.17) is 16.3 Å². The van der Waals surface area contributed by atoms with Crippen LogP contribution in [0.5, 0.6) is 5.75 Å². The number of rotatable bonds is 5. The lowest BCUT2D eigenvalue weighted by Crippen LogP contribution is -2.25. The van der Waals surface area contributed by atoms with Gasteiger partial charge in [-0.2, -0.15) is 0 Å². The predicted octanol–water partition coefficient (Wildman–Crippen LogP) is 2.47. The zero-order valence-corrected chi connectivity index (χ0v) is 11.7. The maximum absolute atomic E-state index is 12.0. The van der Waals surface area contributed by atoms with Crippen LogP contribution in [0, 0.1) is 5.92 Å². The molecule has 1 aliphatic heterocycles. The van der Waals surface area contributed by atoms with Crippen molar-refractivity contribution in [2.24, 2.45) is 5.92 Å². The highest BCUT2D eigenvalue weighted by atomic mass is 35.5. The highest BCUT2D eigenvalue weighted by molar-refractivity contribution is 6.31. The van der Waals surface area contributed by atoms with Crippen LogP contribution in [-0.2, 0) is 4.79 Å². The summed E-state index contributed by atoms with van der Waals surface area (Å²) in [6.45, 7) is 3.16. The van der Waals surface area contributed by atoms with Crippen molar-refractivity contribution >= 4 is 23.2 Å². The Kier molecular flexibility index (Phi) is 4.66. The first-order valence-corrected chi connectivity index (χ1v) is 6.87. The minimum Gasteiger partial charge on any atom is -0.491 e. The summed E-state index contributed by atoms with van der Waals surface area (Å²) in [4.78, 5) is 13.6. The van der Waals surface area contributed by atoms with Gasteiger partial charge in [0.15, 0.2) is 0 Å². The molecule has 2 rings (SSSR count). The highest BCUT2D eigenvalue weighted by Gasteiger charge is 2.31. The molecule has 1 aliphatic rings.